The zero-order valence-corrected chi connectivity index (χ0v) is 16.4. The van der Waals surface area contributed by atoms with Gasteiger partial charge in [0, 0.05) is 31.1 Å². The van der Waals surface area contributed by atoms with Gasteiger partial charge in [-0.05, 0) is 43.5 Å². The SMILES string of the molecule is CC(CC(=O)NCc1cccc(-n2ccc(C(=O)O)n2)c1)NC(=O)C1CCCC1. The number of benzene rings is 1. The summed E-state index contributed by atoms with van der Waals surface area (Å²) in [5.41, 5.74) is 1.55. The molecule has 8 nitrogen and oxygen atoms in total. The Morgan fingerprint density at radius 1 is 1.24 bits per heavy atom. The number of amides is 2. The zero-order chi connectivity index (χ0) is 20.8. The van der Waals surface area contributed by atoms with Crippen LogP contribution in [0.15, 0.2) is 36.5 Å². The van der Waals surface area contributed by atoms with E-state index in [0.29, 0.717) is 12.2 Å². The van der Waals surface area contributed by atoms with E-state index in [1.54, 1.807) is 6.20 Å². The van der Waals surface area contributed by atoms with Crippen LogP contribution in [0, 0.1) is 5.92 Å². The Bertz CT molecular complexity index is 886. The molecule has 1 heterocycles. The highest BCUT2D eigenvalue weighted by Gasteiger charge is 2.24. The average Bonchev–Trinajstić information content (AvgIpc) is 3.38. The molecule has 0 spiro atoms. The van der Waals surface area contributed by atoms with Crippen LogP contribution < -0.4 is 10.6 Å². The van der Waals surface area contributed by atoms with Gasteiger partial charge >= 0.3 is 5.97 Å². The highest BCUT2D eigenvalue weighted by Crippen LogP contribution is 2.24. The maximum absolute atomic E-state index is 12.2. The van der Waals surface area contributed by atoms with Crippen LogP contribution in [0.5, 0.6) is 0 Å². The van der Waals surface area contributed by atoms with Gasteiger partial charge in [0.2, 0.25) is 11.8 Å². The quantitative estimate of drug-likeness (QED) is 0.631. The number of aromatic carboxylic acids is 1. The van der Waals surface area contributed by atoms with Crippen LogP contribution >= 0.6 is 0 Å². The highest BCUT2D eigenvalue weighted by molar-refractivity contribution is 5.85. The largest absolute Gasteiger partial charge is 0.476 e. The second-order valence-electron chi connectivity index (χ2n) is 7.49. The molecule has 1 aromatic heterocycles. The lowest BCUT2D eigenvalue weighted by atomic mass is 10.1. The van der Waals surface area contributed by atoms with Crippen LogP contribution in [-0.2, 0) is 16.1 Å². The molecular weight excluding hydrogens is 372 g/mol. The van der Waals surface area contributed by atoms with Crippen LogP contribution in [0.3, 0.4) is 0 Å². The van der Waals surface area contributed by atoms with E-state index >= 15 is 0 Å². The number of hydrogen-bond acceptors (Lipinski definition) is 4. The van der Waals surface area contributed by atoms with E-state index in [-0.39, 0.29) is 35.9 Å². The number of carbonyl (C=O) groups is 3. The van der Waals surface area contributed by atoms with E-state index in [9.17, 15) is 14.4 Å². The summed E-state index contributed by atoms with van der Waals surface area (Å²) in [6, 6.07) is 8.56. The maximum atomic E-state index is 12.2. The van der Waals surface area contributed by atoms with Crippen molar-refractivity contribution in [2.45, 2.75) is 51.6 Å². The van der Waals surface area contributed by atoms with Crippen LogP contribution in [0.25, 0.3) is 5.69 Å². The lowest BCUT2D eigenvalue weighted by Crippen LogP contribution is -2.39. The third-order valence-corrected chi connectivity index (χ3v) is 5.08. The molecular formula is C21H26N4O4. The first-order valence-corrected chi connectivity index (χ1v) is 9.87. The molecule has 3 N–H and O–H groups in total. The summed E-state index contributed by atoms with van der Waals surface area (Å²) in [6.45, 7) is 2.17. The van der Waals surface area contributed by atoms with Crippen molar-refractivity contribution in [3.63, 3.8) is 0 Å². The van der Waals surface area contributed by atoms with Gasteiger partial charge in [-0.2, -0.15) is 5.10 Å². The summed E-state index contributed by atoms with van der Waals surface area (Å²) in [5.74, 6) is -1.08. The van der Waals surface area contributed by atoms with Gasteiger partial charge in [0.25, 0.3) is 0 Å². The van der Waals surface area contributed by atoms with Crippen molar-refractivity contribution in [3.8, 4) is 5.69 Å². The van der Waals surface area contributed by atoms with Gasteiger partial charge in [-0.3, -0.25) is 9.59 Å². The Morgan fingerprint density at radius 2 is 2.00 bits per heavy atom. The Balaban J connectivity index is 1.49. The third-order valence-electron chi connectivity index (χ3n) is 5.08. The van der Waals surface area contributed by atoms with E-state index in [0.717, 1.165) is 31.2 Å². The van der Waals surface area contributed by atoms with Gasteiger partial charge in [0.05, 0.1) is 5.69 Å². The standard InChI is InChI=1S/C21H26N4O4/c1-14(23-20(27)16-6-2-3-7-16)11-19(26)22-13-15-5-4-8-17(12-15)25-10-9-18(24-25)21(28)29/h4-5,8-10,12,14,16H,2-3,6-7,11,13H2,1H3,(H,22,26)(H,23,27)(H,28,29). The molecule has 1 fully saturated rings. The number of rotatable bonds is 8. The molecule has 0 aliphatic heterocycles. The van der Waals surface area contributed by atoms with Crippen LogP contribution in [-0.4, -0.2) is 38.7 Å². The summed E-state index contributed by atoms with van der Waals surface area (Å²) in [7, 11) is 0. The Morgan fingerprint density at radius 3 is 2.69 bits per heavy atom. The molecule has 1 aliphatic rings. The zero-order valence-electron chi connectivity index (χ0n) is 16.4. The van der Waals surface area contributed by atoms with Crippen LogP contribution in [0.2, 0.25) is 0 Å². The van der Waals surface area contributed by atoms with Crippen LogP contribution in [0.1, 0.15) is 55.1 Å². The van der Waals surface area contributed by atoms with Crippen LogP contribution in [0.4, 0.5) is 0 Å². The molecule has 1 saturated carbocycles. The molecule has 8 heteroatoms. The molecule has 0 saturated heterocycles. The summed E-state index contributed by atoms with van der Waals surface area (Å²) >= 11 is 0. The molecule has 154 valence electrons. The first-order chi connectivity index (χ1) is 13.9. The van der Waals surface area contributed by atoms with Crippen molar-refractivity contribution in [1.29, 1.82) is 0 Å². The number of nitrogens with one attached hydrogen (secondary N) is 2. The average molecular weight is 398 g/mol. The van der Waals surface area contributed by atoms with E-state index in [1.807, 2.05) is 31.2 Å². The number of nitrogens with zero attached hydrogens (tertiary/aromatic N) is 2. The van der Waals surface area contributed by atoms with Crippen molar-refractivity contribution < 1.29 is 19.5 Å². The number of aromatic nitrogens is 2. The molecule has 2 amide bonds. The molecule has 0 bridgehead atoms. The number of carbonyl (C=O) groups excluding carboxylic acids is 2. The van der Waals surface area contributed by atoms with Crippen molar-refractivity contribution in [1.82, 2.24) is 20.4 Å². The van der Waals surface area contributed by atoms with Crippen molar-refractivity contribution >= 4 is 17.8 Å². The lowest BCUT2D eigenvalue weighted by Gasteiger charge is -2.17. The number of carboxylic acids is 1. The number of hydrogen-bond donors (Lipinski definition) is 3. The first-order valence-electron chi connectivity index (χ1n) is 9.87. The topological polar surface area (TPSA) is 113 Å². The molecule has 1 aliphatic carbocycles. The Kier molecular flexibility index (Phi) is 6.64. The minimum absolute atomic E-state index is 0.0302. The van der Waals surface area contributed by atoms with E-state index in [1.165, 1.54) is 10.7 Å². The normalized spacial score (nSPS) is 15.1. The second-order valence-corrected chi connectivity index (χ2v) is 7.49. The summed E-state index contributed by atoms with van der Waals surface area (Å²) in [5, 5.41) is 18.8. The fourth-order valence-corrected chi connectivity index (χ4v) is 3.54. The van der Waals surface area contributed by atoms with Gasteiger partial charge < -0.3 is 15.7 Å². The molecule has 1 aromatic carbocycles. The minimum atomic E-state index is -1.08. The fraction of sp³-hybridized carbons (Fsp3) is 0.429. The minimum Gasteiger partial charge on any atom is -0.476 e. The lowest BCUT2D eigenvalue weighted by molar-refractivity contribution is -0.126. The molecule has 3 rings (SSSR count). The van der Waals surface area contributed by atoms with E-state index in [2.05, 4.69) is 15.7 Å². The van der Waals surface area contributed by atoms with Gasteiger partial charge in [-0.15, -0.1) is 0 Å². The second kappa shape index (κ2) is 9.36. The fourth-order valence-electron chi connectivity index (χ4n) is 3.54. The number of carboxylic acid groups (broad SMARTS) is 1. The monoisotopic (exact) mass is 398 g/mol. The molecule has 2 aromatic rings. The van der Waals surface area contributed by atoms with Crippen molar-refractivity contribution in [3.05, 3.63) is 47.8 Å². The Hall–Kier alpha value is -3.16. The maximum Gasteiger partial charge on any atom is 0.356 e. The van der Waals surface area contributed by atoms with Gasteiger partial charge in [-0.25, -0.2) is 9.48 Å². The summed E-state index contributed by atoms with van der Waals surface area (Å²) < 4.78 is 1.48. The van der Waals surface area contributed by atoms with Gasteiger partial charge in [0.15, 0.2) is 5.69 Å². The van der Waals surface area contributed by atoms with E-state index in [4.69, 9.17) is 5.11 Å². The highest BCUT2D eigenvalue weighted by atomic mass is 16.4. The summed E-state index contributed by atoms with van der Waals surface area (Å²) in [4.78, 5) is 35.3. The molecule has 0 radical (unpaired) electrons. The molecule has 1 unspecified atom stereocenters. The summed E-state index contributed by atoms with van der Waals surface area (Å²) in [6.07, 6.45) is 5.87. The van der Waals surface area contributed by atoms with E-state index < -0.39 is 5.97 Å². The Labute approximate surface area is 169 Å². The molecule has 29 heavy (non-hydrogen) atoms. The smallest absolute Gasteiger partial charge is 0.356 e. The molecule has 1 atom stereocenters. The van der Waals surface area contributed by atoms with Gasteiger partial charge in [-0.1, -0.05) is 25.0 Å². The van der Waals surface area contributed by atoms with Crippen molar-refractivity contribution in [2.24, 2.45) is 5.92 Å². The predicted molar refractivity (Wildman–Crippen MR) is 107 cm³/mol. The first kappa shape index (κ1) is 20.6. The predicted octanol–water partition coefficient (Wildman–Crippen LogP) is 2.27. The van der Waals surface area contributed by atoms with Crippen molar-refractivity contribution in [2.75, 3.05) is 0 Å². The third kappa shape index (κ3) is 5.66. The van der Waals surface area contributed by atoms with Gasteiger partial charge in [0.1, 0.15) is 0 Å².